The Morgan fingerprint density at radius 3 is 2.60 bits per heavy atom. The van der Waals surface area contributed by atoms with E-state index in [4.69, 9.17) is 4.74 Å². The molecule has 0 aliphatic carbocycles. The van der Waals surface area contributed by atoms with E-state index in [1.54, 1.807) is 6.07 Å². The summed E-state index contributed by atoms with van der Waals surface area (Å²) in [6.07, 6.45) is 2.00. The van der Waals surface area contributed by atoms with E-state index in [-0.39, 0.29) is 5.97 Å². The molecule has 0 saturated heterocycles. The number of hydrogen-bond donors (Lipinski definition) is 0. The summed E-state index contributed by atoms with van der Waals surface area (Å²) in [5.41, 5.74) is 2.72. The van der Waals surface area contributed by atoms with Gasteiger partial charge in [-0.1, -0.05) is 42.5 Å². The number of carbonyl (C=O) groups excluding carboxylic acids is 1. The summed E-state index contributed by atoms with van der Waals surface area (Å²) in [7, 11) is 1.41. The van der Waals surface area contributed by atoms with Crippen LogP contribution in [0.25, 0.3) is 10.9 Å². The molecule has 3 heteroatoms. The zero-order valence-electron chi connectivity index (χ0n) is 11.2. The summed E-state index contributed by atoms with van der Waals surface area (Å²) in [4.78, 5) is 11.9. The molecule has 0 amide bonds. The van der Waals surface area contributed by atoms with Crippen molar-refractivity contribution in [1.29, 1.82) is 0 Å². The number of nitrogens with zero attached hydrogens (tertiary/aromatic N) is 1. The predicted molar refractivity (Wildman–Crippen MR) is 78.8 cm³/mol. The first kappa shape index (κ1) is 12.5. The van der Waals surface area contributed by atoms with Crippen molar-refractivity contribution in [1.82, 2.24) is 4.57 Å². The van der Waals surface area contributed by atoms with Gasteiger partial charge >= 0.3 is 5.97 Å². The van der Waals surface area contributed by atoms with Gasteiger partial charge in [-0.2, -0.15) is 0 Å². The lowest BCUT2D eigenvalue weighted by atomic mass is 10.1. The van der Waals surface area contributed by atoms with Crippen LogP contribution < -0.4 is 0 Å². The summed E-state index contributed by atoms with van der Waals surface area (Å²) < 4.78 is 6.95. The van der Waals surface area contributed by atoms with E-state index < -0.39 is 0 Å². The summed E-state index contributed by atoms with van der Waals surface area (Å²) in [6.45, 7) is 0.734. The number of hydrogen-bond acceptors (Lipinski definition) is 2. The highest BCUT2D eigenvalue weighted by Crippen LogP contribution is 2.22. The van der Waals surface area contributed by atoms with Gasteiger partial charge < -0.3 is 9.30 Å². The highest BCUT2D eigenvalue weighted by molar-refractivity contribution is 6.03. The maximum absolute atomic E-state index is 11.9. The molecule has 0 radical (unpaired) electrons. The Morgan fingerprint density at radius 2 is 1.85 bits per heavy atom. The third-order valence-electron chi connectivity index (χ3n) is 3.39. The van der Waals surface area contributed by atoms with Gasteiger partial charge in [-0.15, -0.1) is 0 Å². The van der Waals surface area contributed by atoms with Crippen LogP contribution in [0.1, 0.15) is 15.9 Å². The lowest BCUT2D eigenvalue weighted by molar-refractivity contribution is 0.0602. The second-order valence-electron chi connectivity index (χ2n) is 4.66. The maximum Gasteiger partial charge on any atom is 0.340 e. The molecule has 2 aromatic carbocycles. The van der Waals surface area contributed by atoms with Crippen LogP contribution >= 0.6 is 0 Å². The first-order valence-electron chi connectivity index (χ1n) is 6.49. The summed E-state index contributed by atoms with van der Waals surface area (Å²) >= 11 is 0. The van der Waals surface area contributed by atoms with E-state index >= 15 is 0 Å². The number of ether oxygens (including phenoxy) is 1. The van der Waals surface area contributed by atoms with Crippen molar-refractivity contribution in [3.63, 3.8) is 0 Å². The molecule has 0 atom stereocenters. The van der Waals surface area contributed by atoms with Gasteiger partial charge in [-0.05, 0) is 17.7 Å². The molecule has 0 fully saturated rings. The molecular formula is C17H15NO2. The molecule has 100 valence electrons. The van der Waals surface area contributed by atoms with Crippen molar-refractivity contribution < 1.29 is 9.53 Å². The third-order valence-corrected chi connectivity index (χ3v) is 3.39. The lowest BCUT2D eigenvalue weighted by Gasteiger charge is -2.09. The molecule has 0 saturated carbocycles. The Hall–Kier alpha value is -2.55. The highest BCUT2D eigenvalue weighted by atomic mass is 16.5. The van der Waals surface area contributed by atoms with Gasteiger partial charge in [0.15, 0.2) is 0 Å². The van der Waals surface area contributed by atoms with Crippen LogP contribution in [0.3, 0.4) is 0 Å². The zero-order valence-corrected chi connectivity index (χ0v) is 11.2. The normalized spacial score (nSPS) is 10.7. The summed E-state index contributed by atoms with van der Waals surface area (Å²) in [6, 6.07) is 17.9. The van der Waals surface area contributed by atoms with Crippen LogP contribution in [-0.2, 0) is 11.3 Å². The number of carbonyl (C=O) groups is 1. The second-order valence-corrected chi connectivity index (χ2v) is 4.66. The van der Waals surface area contributed by atoms with Gasteiger partial charge in [0.25, 0.3) is 0 Å². The minimum atomic E-state index is -0.302. The molecule has 0 unspecified atom stereocenters. The van der Waals surface area contributed by atoms with E-state index in [1.807, 2.05) is 42.6 Å². The van der Waals surface area contributed by atoms with Gasteiger partial charge in [0.2, 0.25) is 0 Å². The monoisotopic (exact) mass is 265 g/mol. The maximum atomic E-state index is 11.9. The lowest BCUT2D eigenvalue weighted by Crippen LogP contribution is -2.06. The van der Waals surface area contributed by atoms with Gasteiger partial charge in [0, 0.05) is 18.1 Å². The second kappa shape index (κ2) is 5.21. The predicted octanol–water partition coefficient (Wildman–Crippen LogP) is 3.48. The smallest absolute Gasteiger partial charge is 0.340 e. The molecule has 0 aliphatic rings. The largest absolute Gasteiger partial charge is 0.465 e. The van der Waals surface area contributed by atoms with E-state index in [2.05, 4.69) is 16.7 Å². The van der Waals surface area contributed by atoms with Crippen molar-refractivity contribution in [2.24, 2.45) is 0 Å². The number of fused-ring (bicyclic) bond motifs is 1. The number of para-hydroxylation sites is 1. The third kappa shape index (κ3) is 2.18. The van der Waals surface area contributed by atoms with Gasteiger partial charge in [-0.3, -0.25) is 0 Å². The first-order chi connectivity index (χ1) is 9.79. The topological polar surface area (TPSA) is 31.2 Å². The standard InChI is InChI=1S/C17H15NO2/c1-20-17(19)15-9-5-8-14-10-11-18(16(14)15)12-13-6-3-2-4-7-13/h2-11H,12H2,1H3. The van der Waals surface area contributed by atoms with Gasteiger partial charge in [0.05, 0.1) is 18.2 Å². The SMILES string of the molecule is COC(=O)c1cccc2ccn(Cc3ccccc3)c12. The Morgan fingerprint density at radius 1 is 1.05 bits per heavy atom. The fraction of sp³-hybridized carbons (Fsp3) is 0.118. The van der Waals surface area contributed by atoms with Crippen molar-refractivity contribution in [3.8, 4) is 0 Å². The van der Waals surface area contributed by atoms with E-state index in [0.717, 1.165) is 17.4 Å². The Kier molecular flexibility index (Phi) is 3.25. The van der Waals surface area contributed by atoms with Gasteiger partial charge in [0.1, 0.15) is 0 Å². The summed E-state index contributed by atoms with van der Waals surface area (Å²) in [5, 5.41) is 1.05. The average molecular weight is 265 g/mol. The first-order valence-corrected chi connectivity index (χ1v) is 6.49. The minimum absolute atomic E-state index is 0.302. The molecule has 0 bridgehead atoms. The molecule has 0 aliphatic heterocycles. The Labute approximate surface area is 117 Å². The van der Waals surface area contributed by atoms with E-state index in [1.165, 1.54) is 12.7 Å². The van der Waals surface area contributed by atoms with Crippen LogP contribution in [0, 0.1) is 0 Å². The molecule has 20 heavy (non-hydrogen) atoms. The number of rotatable bonds is 3. The van der Waals surface area contributed by atoms with Crippen molar-refractivity contribution >= 4 is 16.9 Å². The quantitative estimate of drug-likeness (QED) is 0.679. The molecule has 3 nitrogen and oxygen atoms in total. The average Bonchev–Trinajstić information content (AvgIpc) is 2.91. The number of aromatic nitrogens is 1. The fourth-order valence-corrected chi connectivity index (χ4v) is 2.45. The molecule has 3 rings (SSSR count). The molecule has 1 heterocycles. The number of methoxy groups -OCH3 is 1. The van der Waals surface area contributed by atoms with Crippen LogP contribution in [0.2, 0.25) is 0 Å². The van der Waals surface area contributed by atoms with Crippen molar-refractivity contribution in [2.75, 3.05) is 7.11 Å². The zero-order chi connectivity index (χ0) is 13.9. The van der Waals surface area contributed by atoms with Crippen molar-refractivity contribution in [2.45, 2.75) is 6.54 Å². The molecule has 0 spiro atoms. The van der Waals surface area contributed by atoms with E-state index in [9.17, 15) is 4.79 Å². The Balaban J connectivity index is 2.10. The van der Waals surface area contributed by atoms with Crippen LogP contribution in [0.5, 0.6) is 0 Å². The minimum Gasteiger partial charge on any atom is -0.465 e. The molecule has 0 N–H and O–H groups in total. The number of benzene rings is 2. The highest BCUT2D eigenvalue weighted by Gasteiger charge is 2.13. The molecule has 1 aromatic heterocycles. The summed E-state index contributed by atoms with van der Waals surface area (Å²) in [5.74, 6) is -0.302. The molecular weight excluding hydrogens is 250 g/mol. The van der Waals surface area contributed by atoms with Gasteiger partial charge in [-0.25, -0.2) is 4.79 Å². The van der Waals surface area contributed by atoms with Crippen LogP contribution in [0.4, 0.5) is 0 Å². The Bertz CT molecular complexity index is 744. The van der Waals surface area contributed by atoms with Crippen LogP contribution in [-0.4, -0.2) is 17.6 Å². The van der Waals surface area contributed by atoms with E-state index in [0.29, 0.717) is 5.56 Å². The van der Waals surface area contributed by atoms with Crippen LogP contribution in [0.15, 0.2) is 60.8 Å². The van der Waals surface area contributed by atoms with Crippen molar-refractivity contribution in [3.05, 3.63) is 71.9 Å². The molecule has 3 aromatic rings. The number of esters is 1. The fourth-order valence-electron chi connectivity index (χ4n) is 2.45.